The molecule has 8 heteroatoms. The van der Waals surface area contributed by atoms with Crippen LogP contribution in [0.15, 0.2) is 66.2 Å². The highest BCUT2D eigenvalue weighted by Crippen LogP contribution is 2.45. The maximum Gasteiger partial charge on any atom is 0.301 e. The lowest BCUT2D eigenvalue weighted by Gasteiger charge is -2.24. The Balaban J connectivity index is 1.75. The van der Waals surface area contributed by atoms with Crippen molar-refractivity contribution in [3.8, 4) is 5.75 Å². The molecular formula is C31H31N3O4S. The van der Waals surface area contributed by atoms with Crippen LogP contribution in [0.25, 0.3) is 16.0 Å². The van der Waals surface area contributed by atoms with Gasteiger partial charge in [0.25, 0.3) is 5.78 Å². The van der Waals surface area contributed by atoms with Crippen LogP contribution in [-0.2, 0) is 9.59 Å². The summed E-state index contributed by atoms with van der Waals surface area (Å²) in [7, 11) is 5.50. The van der Waals surface area contributed by atoms with E-state index >= 15 is 0 Å². The van der Waals surface area contributed by atoms with Crippen molar-refractivity contribution in [3.63, 3.8) is 0 Å². The van der Waals surface area contributed by atoms with E-state index in [-0.39, 0.29) is 17.3 Å². The number of hydrogen-bond donors (Lipinski definition) is 1. The summed E-state index contributed by atoms with van der Waals surface area (Å²) >= 11 is 1.34. The number of carbonyl (C=O) groups is 2. The molecule has 1 saturated heterocycles. The lowest BCUT2D eigenvalue weighted by Crippen LogP contribution is -2.29. The van der Waals surface area contributed by atoms with Gasteiger partial charge in [-0.2, -0.15) is 0 Å². The second kappa shape index (κ2) is 10.2. The summed E-state index contributed by atoms with van der Waals surface area (Å²) in [6, 6.07) is 18.1. The van der Waals surface area contributed by atoms with Gasteiger partial charge in [-0.15, -0.1) is 0 Å². The van der Waals surface area contributed by atoms with Crippen molar-refractivity contribution in [1.82, 2.24) is 4.98 Å². The fourth-order valence-electron chi connectivity index (χ4n) is 4.99. The predicted molar refractivity (Wildman–Crippen MR) is 157 cm³/mol. The molecule has 1 N–H and O–H groups in total. The molecule has 0 spiro atoms. The van der Waals surface area contributed by atoms with Crippen molar-refractivity contribution in [1.29, 1.82) is 0 Å². The molecule has 200 valence electrons. The van der Waals surface area contributed by atoms with Gasteiger partial charge < -0.3 is 14.7 Å². The Morgan fingerprint density at radius 2 is 1.77 bits per heavy atom. The van der Waals surface area contributed by atoms with E-state index < -0.39 is 17.7 Å². The third kappa shape index (κ3) is 4.55. The minimum absolute atomic E-state index is 0.0415. The quantitative estimate of drug-likeness (QED) is 0.172. The number of methoxy groups -OCH3 is 1. The Bertz CT molecular complexity index is 1590. The maximum absolute atomic E-state index is 13.7. The number of ketones is 1. The molecule has 1 unspecified atom stereocenters. The molecule has 0 aliphatic carbocycles. The normalized spacial score (nSPS) is 16.9. The number of aliphatic hydroxyl groups is 1. The Morgan fingerprint density at radius 1 is 1.08 bits per heavy atom. The highest BCUT2D eigenvalue weighted by molar-refractivity contribution is 7.22. The molecule has 0 radical (unpaired) electrons. The Morgan fingerprint density at radius 3 is 2.38 bits per heavy atom. The molecule has 5 rings (SSSR count). The van der Waals surface area contributed by atoms with Crippen molar-refractivity contribution in [2.75, 3.05) is 31.0 Å². The summed E-state index contributed by atoms with van der Waals surface area (Å²) in [5.41, 5.74) is 4.60. The second-order valence-electron chi connectivity index (χ2n) is 10.2. The Hall–Kier alpha value is -4.17. The number of aryl methyl sites for hydroxylation is 1. The number of Topliss-reactive ketones (excluding diaryl/α,β-unsaturated/α-hetero) is 1. The molecule has 1 aromatic heterocycles. The lowest BCUT2D eigenvalue weighted by molar-refractivity contribution is -0.132. The van der Waals surface area contributed by atoms with E-state index in [0.29, 0.717) is 22.0 Å². The zero-order valence-corrected chi connectivity index (χ0v) is 23.7. The first-order valence-corrected chi connectivity index (χ1v) is 13.6. The van der Waals surface area contributed by atoms with Crippen molar-refractivity contribution >= 4 is 49.8 Å². The van der Waals surface area contributed by atoms with Crippen molar-refractivity contribution < 1.29 is 19.4 Å². The number of benzene rings is 3. The Kier molecular flexibility index (Phi) is 6.91. The Labute approximate surface area is 232 Å². The van der Waals surface area contributed by atoms with E-state index in [1.165, 1.54) is 16.2 Å². The van der Waals surface area contributed by atoms with Crippen LogP contribution in [0.2, 0.25) is 0 Å². The average Bonchev–Trinajstić information content (AvgIpc) is 3.46. The molecule has 7 nitrogen and oxygen atoms in total. The number of hydrogen-bond acceptors (Lipinski definition) is 7. The molecule has 2 heterocycles. The average molecular weight is 542 g/mol. The maximum atomic E-state index is 13.7. The molecule has 1 aliphatic rings. The number of rotatable bonds is 6. The highest BCUT2D eigenvalue weighted by atomic mass is 32.1. The fourth-order valence-corrected chi connectivity index (χ4v) is 5.98. The van der Waals surface area contributed by atoms with Gasteiger partial charge in [0.2, 0.25) is 0 Å². The number of thiazole rings is 1. The molecule has 1 amide bonds. The molecule has 1 atom stereocenters. The van der Waals surface area contributed by atoms with Gasteiger partial charge in [-0.05, 0) is 65.9 Å². The van der Waals surface area contributed by atoms with E-state index in [1.54, 1.807) is 7.11 Å². The lowest BCUT2D eigenvalue weighted by atomic mass is 9.91. The van der Waals surface area contributed by atoms with E-state index in [9.17, 15) is 14.7 Å². The zero-order valence-electron chi connectivity index (χ0n) is 22.9. The van der Waals surface area contributed by atoms with E-state index in [0.717, 1.165) is 27.0 Å². The van der Waals surface area contributed by atoms with Gasteiger partial charge in [0.05, 0.1) is 28.9 Å². The molecule has 1 aliphatic heterocycles. The highest BCUT2D eigenvalue weighted by Gasteiger charge is 2.48. The SMILES string of the molecule is COc1cc(C)c(/C(O)=C2\C(=O)C(=O)N(c3nc4ccccc4s3)C2c2ccc(N(C)C)cc2)cc1C(C)C. The van der Waals surface area contributed by atoms with Crippen LogP contribution in [0.5, 0.6) is 5.75 Å². The van der Waals surface area contributed by atoms with Crippen molar-refractivity contribution in [3.05, 3.63) is 88.5 Å². The summed E-state index contributed by atoms with van der Waals surface area (Å²) in [5, 5.41) is 12.2. The van der Waals surface area contributed by atoms with Crippen LogP contribution in [0.1, 0.15) is 48.1 Å². The van der Waals surface area contributed by atoms with Crippen molar-refractivity contribution in [2.24, 2.45) is 0 Å². The van der Waals surface area contributed by atoms with Gasteiger partial charge in [0, 0.05) is 25.3 Å². The number of fused-ring (bicyclic) bond motifs is 1. The molecule has 0 saturated carbocycles. The number of para-hydroxylation sites is 1. The van der Waals surface area contributed by atoms with E-state index in [2.05, 4.69) is 4.98 Å². The number of amides is 1. The van der Waals surface area contributed by atoms with Gasteiger partial charge in [-0.3, -0.25) is 14.5 Å². The van der Waals surface area contributed by atoms with Crippen molar-refractivity contribution in [2.45, 2.75) is 32.7 Å². The summed E-state index contributed by atoms with van der Waals surface area (Å²) in [4.78, 5) is 35.4. The monoisotopic (exact) mass is 541 g/mol. The minimum Gasteiger partial charge on any atom is -0.507 e. The second-order valence-corrected chi connectivity index (χ2v) is 11.2. The molecule has 1 fully saturated rings. The van der Waals surface area contributed by atoms with Crippen LogP contribution in [0.3, 0.4) is 0 Å². The van der Waals surface area contributed by atoms with E-state index in [4.69, 9.17) is 4.74 Å². The zero-order chi connectivity index (χ0) is 28.0. The minimum atomic E-state index is -0.842. The molecule has 3 aromatic carbocycles. The molecular weight excluding hydrogens is 510 g/mol. The van der Waals surface area contributed by atoms with Gasteiger partial charge in [-0.25, -0.2) is 4.98 Å². The first-order valence-electron chi connectivity index (χ1n) is 12.7. The number of aliphatic hydroxyl groups excluding tert-OH is 1. The summed E-state index contributed by atoms with van der Waals surface area (Å²) < 4.78 is 6.48. The predicted octanol–water partition coefficient (Wildman–Crippen LogP) is 6.43. The number of aromatic nitrogens is 1. The van der Waals surface area contributed by atoms with Crippen LogP contribution in [0.4, 0.5) is 10.8 Å². The van der Waals surface area contributed by atoms with Crippen LogP contribution >= 0.6 is 11.3 Å². The number of nitrogens with zero attached hydrogens (tertiary/aromatic N) is 3. The van der Waals surface area contributed by atoms with Crippen LogP contribution in [-0.4, -0.2) is 43.0 Å². The van der Waals surface area contributed by atoms with Gasteiger partial charge in [0.15, 0.2) is 5.13 Å². The molecule has 4 aromatic rings. The number of anilines is 2. The smallest absolute Gasteiger partial charge is 0.301 e. The first-order chi connectivity index (χ1) is 18.6. The largest absolute Gasteiger partial charge is 0.507 e. The summed E-state index contributed by atoms with van der Waals surface area (Å²) in [6.45, 7) is 5.93. The summed E-state index contributed by atoms with van der Waals surface area (Å²) in [5.74, 6) is -0.834. The third-order valence-electron chi connectivity index (χ3n) is 7.11. The molecule has 39 heavy (non-hydrogen) atoms. The summed E-state index contributed by atoms with van der Waals surface area (Å²) in [6.07, 6.45) is 0. The first kappa shape index (κ1) is 26.4. The van der Waals surface area contributed by atoms with E-state index in [1.807, 2.05) is 100 Å². The van der Waals surface area contributed by atoms with Gasteiger partial charge >= 0.3 is 5.91 Å². The number of carbonyl (C=O) groups excluding carboxylic acids is 2. The van der Waals surface area contributed by atoms with Crippen LogP contribution in [0, 0.1) is 6.92 Å². The number of ether oxygens (including phenoxy) is 1. The van der Waals surface area contributed by atoms with Gasteiger partial charge in [0.1, 0.15) is 11.5 Å². The van der Waals surface area contributed by atoms with Crippen LogP contribution < -0.4 is 14.5 Å². The van der Waals surface area contributed by atoms with Gasteiger partial charge in [-0.1, -0.05) is 49.4 Å². The topological polar surface area (TPSA) is 83.0 Å². The standard InChI is InChI=1S/C31H31N3O4S/c1-17(2)21-16-22(18(3)15-24(21)38-6)28(35)26-27(19-11-13-20(14-12-19)33(4)5)34(30(37)29(26)36)31-32-23-9-7-8-10-25(23)39-31/h7-17,27,35H,1-6H3/b28-26+. The fraction of sp³-hybridized carbons (Fsp3) is 0.258. The molecule has 0 bridgehead atoms. The third-order valence-corrected chi connectivity index (χ3v) is 8.15.